The maximum atomic E-state index is 12.0. The third-order valence-corrected chi connectivity index (χ3v) is 4.81. The average molecular weight is 276 g/mol. The van der Waals surface area contributed by atoms with Crippen LogP contribution in [0.1, 0.15) is 24.2 Å². The molecule has 1 aromatic heterocycles. The molecule has 1 aliphatic carbocycles. The van der Waals surface area contributed by atoms with Crippen molar-refractivity contribution in [2.45, 2.75) is 36.9 Å². The van der Waals surface area contributed by atoms with Gasteiger partial charge in [-0.15, -0.1) is 0 Å². The van der Waals surface area contributed by atoms with Gasteiger partial charge in [-0.2, -0.15) is 11.8 Å². The minimum atomic E-state index is -0.136. The number of para-hydroxylation sites is 1. The van der Waals surface area contributed by atoms with Gasteiger partial charge >= 0.3 is 0 Å². The number of hydrogen-bond acceptors (Lipinski definition) is 4. The predicted molar refractivity (Wildman–Crippen MR) is 77.4 cm³/mol. The Morgan fingerprint density at radius 1 is 1.47 bits per heavy atom. The van der Waals surface area contributed by atoms with Crippen LogP contribution in [0.3, 0.4) is 0 Å². The first kappa shape index (κ1) is 12.7. The molecule has 4 nitrogen and oxygen atoms in total. The number of hydrogen-bond donors (Lipinski definition) is 2. The fourth-order valence-electron chi connectivity index (χ4n) is 2.29. The molecular formula is C14H16N2O2S. The van der Waals surface area contributed by atoms with Crippen molar-refractivity contribution in [3.8, 4) is 0 Å². The molecule has 0 atom stereocenters. The van der Waals surface area contributed by atoms with Gasteiger partial charge in [0.25, 0.3) is 5.56 Å². The largest absolute Gasteiger partial charge is 0.393 e. The van der Waals surface area contributed by atoms with Gasteiger partial charge in [-0.1, -0.05) is 12.1 Å². The summed E-state index contributed by atoms with van der Waals surface area (Å²) in [5.41, 5.74) is 1.74. The second-order valence-corrected chi connectivity index (χ2v) is 6.33. The summed E-state index contributed by atoms with van der Waals surface area (Å²) in [5.74, 6) is 1.41. The van der Waals surface area contributed by atoms with E-state index in [-0.39, 0.29) is 11.7 Å². The van der Waals surface area contributed by atoms with Crippen LogP contribution in [0.5, 0.6) is 0 Å². The van der Waals surface area contributed by atoms with Crippen molar-refractivity contribution in [1.29, 1.82) is 0 Å². The van der Waals surface area contributed by atoms with E-state index in [1.54, 1.807) is 17.8 Å². The van der Waals surface area contributed by atoms with Crippen LogP contribution in [0.4, 0.5) is 0 Å². The number of aromatic nitrogens is 2. The van der Waals surface area contributed by atoms with Crippen LogP contribution in [0, 0.1) is 6.92 Å². The van der Waals surface area contributed by atoms with Gasteiger partial charge in [-0.25, -0.2) is 4.98 Å². The van der Waals surface area contributed by atoms with Crippen molar-refractivity contribution >= 4 is 22.7 Å². The first-order chi connectivity index (χ1) is 9.13. The molecule has 1 aliphatic rings. The fourth-order valence-corrected chi connectivity index (χ4v) is 3.54. The SMILES string of the molecule is Cc1cccc2c(=O)[nH]c(CS[C@H]3C[C@H](O)C3)nc12. The molecule has 1 saturated carbocycles. The lowest BCUT2D eigenvalue weighted by Crippen LogP contribution is -2.30. The van der Waals surface area contributed by atoms with Crippen molar-refractivity contribution in [2.75, 3.05) is 0 Å². The molecule has 0 bridgehead atoms. The zero-order valence-corrected chi connectivity index (χ0v) is 11.5. The Morgan fingerprint density at radius 2 is 2.26 bits per heavy atom. The molecule has 0 spiro atoms. The van der Waals surface area contributed by atoms with Gasteiger partial charge in [0.15, 0.2) is 0 Å². The molecule has 0 aliphatic heterocycles. The van der Waals surface area contributed by atoms with E-state index in [1.165, 1.54) is 0 Å². The lowest BCUT2D eigenvalue weighted by atomic mass is 9.96. The molecule has 1 heterocycles. The van der Waals surface area contributed by atoms with E-state index in [1.807, 2.05) is 19.1 Å². The number of nitrogens with one attached hydrogen (secondary N) is 1. The molecule has 1 aromatic carbocycles. The molecular weight excluding hydrogens is 260 g/mol. The Labute approximate surface area is 115 Å². The molecule has 2 aromatic rings. The van der Waals surface area contributed by atoms with E-state index in [4.69, 9.17) is 0 Å². The molecule has 19 heavy (non-hydrogen) atoms. The highest BCUT2D eigenvalue weighted by Gasteiger charge is 2.27. The molecule has 0 amide bonds. The topological polar surface area (TPSA) is 66.0 Å². The van der Waals surface area contributed by atoms with Crippen LogP contribution in [-0.4, -0.2) is 26.4 Å². The van der Waals surface area contributed by atoms with E-state index in [2.05, 4.69) is 9.97 Å². The lowest BCUT2D eigenvalue weighted by Gasteiger charge is -2.30. The fraction of sp³-hybridized carbons (Fsp3) is 0.429. The summed E-state index contributed by atoms with van der Waals surface area (Å²) in [6, 6.07) is 5.64. The molecule has 2 N–H and O–H groups in total. The number of aryl methyl sites for hydroxylation is 1. The van der Waals surface area contributed by atoms with E-state index >= 15 is 0 Å². The van der Waals surface area contributed by atoms with Gasteiger partial charge < -0.3 is 10.1 Å². The summed E-state index contributed by atoms with van der Waals surface area (Å²) in [7, 11) is 0. The van der Waals surface area contributed by atoms with Crippen molar-refractivity contribution in [2.24, 2.45) is 0 Å². The summed E-state index contributed by atoms with van der Waals surface area (Å²) >= 11 is 1.75. The molecule has 100 valence electrons. The quantitative estimate of drug-likeness (QED) is 0.899. The third-order valence-electron chi connectivity index (χ3n) is 3.51. The molecule has 1 fully saturated rings. The highest BCUT2D eigenvalue weighted by molar-refractivity contribution is 7.99. The molecule has 3 rings (SSSR count). The van der Waals surface area contributed by atoms with E-state index in [9.17, 15) is 9.90 Å². The van der Waals surface area contributed by atoms with Crippen LogP contribution in [0.2, 0.25) is 0 Å². The zero-order chi connectivity index (χ0) is 13.4. The van der Waals surface area contributed by atoms with Crippen LogP contribution >= 0.6 is 11.8 Å². The molecule has 5 heteroatoms. The standard InChI is InChI=1S/C14H16N2O2S/c1-8-3-2-4-11-13(8)15-12(16-14(11)18)7-19-10-5-9(17)6-10/h2-4,9-10,17H,5-7H2,1H3,(H,15,16,18)/t9-,10-. The Kier molecular flexibility index (Phi) is 3.33. The summed E-state index contributed by atoms with van der Waals surface area (Å²) in [5, 5.41) is 10.4. The number of rotatable bonds is 3. The Hall–Kier alpha value is -1.33. The normalized spacial score (nSPS) is 22.4. The predicted octanol–water partition coefficient (Wildman–Crippen LogP) is 1.99. The van der Waals surface area contributed by atoms with Crippen LogP contribution in [0.15, 0.2) is 23.0 Å². The zero-order valence-electron chi connectivity index (χ0n) is 10.7. The number of aliphatic hydroxyl groups excluding tert-OH is 1. The Morgan fingerprint density at radius 3 is 3.00 bits per heavy atom. The van der Waals surface area contributed by atoms with Gasteiger partial charge in [0.05, 0.1) is 22.8 Å². The maximum absolute atomic E-state index is 12.0. The van der Waals surface area contributed by atoms with E-state index < -0.39 is 0 Å². The van der Waals surface area contributed by atoms with E-state index in [0.717, 1.165) is 29.7 Å². The van der Waals surface area contributed by atoms with Crippen molar-refractivity contribution in [3.05, 3.63) is 39.9 Å². The van der Waals surface area contributed by atoms with E-state index in [0.29, 0.717) is 16.4 Å². The summed E-state index contributed by atoms with van der Waals surface area (Å²) in [4.78, 5) is 19.4. The first-order valence-corrected chi connectivity index (χ1v) is 7.46. The maximum Gasteiger partial charge on any atom is 0.258 e. The van der Waals surface area contributed by atoms with Crippen LogP contribution < -0.4 is 5.56 Å². The smallest absolute Gasteiger partial charge is 0.258 e. The molecule has 0 saturated heterocycles. The monoisotopic (exact) mass is 276 g/mol. The van der Waals surface area contributed by atoms with Crippen molar-refractivity contribution in [1.82, 2.24) is 9.97 Å². The van der Waals surface area contributed by atoms with Gasteiger partial charge in [-0.3, -0.25) is 4.79 Å². The highest BCUT2D eigenvalue weighted by atomic mass is 32.2. The highest BCUT2D eigenvalue weighted by Crippen LogP contribution is 2.33. The van der Waals surface area contributed by atoms with Crippen molar-refractivity contribution in [3.63, 3.8) is 0 Å². The van der Waals surface area contributed by atoms with Gasteiger partial charge in [-0.05, 0) is 31.4 Å². The molecule has 0 unspecified atom stereocenters. The van der Waals surface area contributed by atoms with Gasteiger partial charge in [0.2, 0.25) is 0 Å². The van der Waals surface area contributed by atoms with Crippen LogP contribution in [-0.2, 0) is 5.75 Å². The number of aliphatic hydroxyl groups is 1. The Bertz CT molecular complexity index is 662. The van der Waals surface area contributed by atoms with Crippen LogP contribution in [0.25, 0.3) is 10.9 Å². The summed E-state index contributed by atoms with van der Waals surface area (Å²) in [6.45, 7) is 1.97. The molecule has 0 radical (unpaired) electrons. The minimum absolute atomic E-state index is 0.0713. The summed E-state index contributed by atoms with van der Waals surface area (Å²) < 4.78 is 0. The average Bonchev–Trinajstić information content (AvgIpc) is 2.35. The number of fused-ring (bicyclic) bond motifs is 1. The third kappa shape index (κ3) is 2.53. The van der Waals surface area contributed by atoms with Gasteiger partial charge in [0.1, 0.15) is 5.82 Å². The lowest BCUT2D eigenvalue weighted by molar-refractivity contribution is 0.101. The number of thioether (sulfide) groups is 1. The number of H-pyrrole nitrogens is 1. The second-order valence-electron chi connectivity index (χ2n) is 5.04. The number of nitrogens with zero attached hydrogens (tertiary/aromatic N) is 1. The second kappa shape index (κ2) is 4.98. The summed E-state index contributed by atoms with van der Waals surface area (Å²) in [6.07, 6.45) is 1.56. The van der Waals surface area contributed by atoms with Gasteiger partial charge in [0, 0.05) is 5.25 Å². The first-order valence-electron chi connectivity index (χ1n) is 6.41. The van der Waals surface area contributed by atoms with Crippen molar-refractivity contribution < 1.29 is 5.11 Å². The Balaban J connectivity index is 1.84. The minimum Gasteiger partial charge on any atom is -0.393 e. The number of aromatic amines is 1. The number of benzene rings is 1.